The predicted molar refractivity (Wildman–Crippen MR) is 48.7 cm³/mol. The average molecular weight is 251 g/mol. The number of oxazole rings is 1. The number of nitrogens with zero attached hydrogens (tertiary/aromatic N) is 1. The number of aryl methyl sites for hydroxylation is 1. The van der Waals surface area contributed by atoms with E-state index in [1.807, 2.05) is 0 Å². The Morgan fingerprint density at radius 1 is 1.12 bits per heavy atom. The van der Waals surface area contributed by atoms with Gasteiger partial charge in [0.15, 0.2) is 5.58 Å². The number of benzene rings is 1. The average Bonchev–Trinajstić information content (AvgIpc) is 2.58. The number of hydrogen-bond donors (Lipinski definition) is 0. The molecule has 2 nitrogen and oxygen atoms in total. The fourth-order valence-corrected chi connectivity index (χ4v) is 1.29. The standard InChI is InChI=1S/C10H6F5NO/c1-5-2-3-7-6(4-5)16-8(17-7)9(11,12)10(13,14)15/h2-4H,1H3. The second-order valence-electron chi connectivity index (χ2n) is 3.56. The molecule has 0 spiro atoms. The fourth-order valence-electron chi connectivity index (χ4n) is 1.29. The van der Waals surface area contributed by atoms with E-state index in [0.717, 1.165) is 0 Å². The molecular weight excluding hydrogens is 245 g/mol. The number of aromatic nitrogens is 1. The van der Waals surface area contributed by atoms with Crippen LogP contribution in [0.2, 0.25) is 0 Å². The Bertz CT molecular complexity index is 557. The van der Waals surface area contributed by atoms with Crippen molar-refractivity contribution < 1.29 is 26.4 Å². The molecule has 92 valence electrons. The molecule has 0 amide bonds. The highest BCUT2D eigenvalue weighted by atomic mass is 19.4. The lowest BCUT2D eigenvalue weighted by atomic mass is 10.2. The van der Waals surface area contributed by atoms with E-state index in [-0.39, 0.29) is 11.1 Å². The Kier molecular flexibility index (Phi) is 2.37. The quantitative estimate of drug-likeness (QED) is 0.720. The molecule has 0 saturated carbocycles. The minimum atomic E-state index is -5.72. The van der Waals surface area contributed by atoms with Crippen LogP contribution < -0.4 is 0 Å². The van der Waals surface area contributed by atoms with Gasteiger partial charge in [-0.25, -0.2) is 4.98 Å². The Morgan fingerprint density at radius 2 is 1.76 bits per heavy atom. The monoisotopic (exact) mass is 251 g/mol. The highest BCUT2D eigenvalue weighted by molar-refractivity contribution is 5.73. The van der Waals surface area contributed by atoms with Crippen molar-refractivity contribution in [1.29, 1.82) is 0 Å². The summed E-state index contributed by atoms with van der Waals surface area (Å²) in [4.78, 5) is 3.18. The van der Waals surface area contributed by atoms with E-state index < -0.39 is 18.0 Å². The summed E-state index contributed by atoms with van der Waals surface area (Å²) in [6, 6.07) is 4.20. The molecule has 0 aliphatic rings. The molecule has 1 aromatic carbocycles. The van der Waals surface area contributed by atoms with Crippen LogP contribution in [0.25, 0.3) is 11.1 Å². The van der Waals surface area contributed by atoms with E-state index >= 15 is 0 Å². The summed E-state index contributed by atoms with van der Waals surface area (Å²) in [6.07, 6.45) is -5.72. The summed E-state index contributed by atoms with van der Waals surface area (Å²) in [5.41, 5.74) is 0.561. The van der Waals surface area contributed by atoms with Gasteiger partial charge in [-0.15, -0.1) is 0 Å². The third-order valence-electron chi connectivity index (χ3n) is 2.17. The van der Waals surface area contributed by atoms with Crippen molar-refractivity contribution in [1.82, 2.24) is 4.98 Å². The van der Waals surface area contributed by atoms with Gasteiger partial charge in [0.1, 0.15) is 5.52 Å². The van der Waals surface area contributed by atoms with Gasteiger partial charge in [0.05, 0.1) is 0 Å². The van der Waals surface area contributed by atoms with Crippen molar-refractivity contribution in [2.75, 3.05) is 0 Å². The summed E-state index contributed by atoms with van der Waals surface area (Å²) in [7, 11) is 0. The fraction of sp³-hybridized carbons (Fsp3) is 0.300. The highest BCUT2D eigenvalue weighted by Gasteiger charge is 2.62. The maximum atomic E-state index is 12.9. The summed E-state index contributed by atoms with van der Waals surface area (Å²) in [6.45, 7) is 1.66. The van der Waals surface area contributed by atoms with Crippen molar-refractivity contribution >= 4 is 11.1 Å². The van der Waals surface area contributed by atoms with Crippen molar-refractivity contribution in [3.8, 4) is 0 Å². The van der Waals surface area contributed by atoms with E-state index in [1.54, 1.807) is 6.92 Å². The molecule has 17 heavy (non-hydrogen) atoms. The minimum Gasteiger partial charge on any atom is -0.435 e. The first kappa shape index (κ1) is 11.8. The van der Waals surface area contributed by atoms with Crippen molar-refractivity contribution in [2.45, 2.75) is 19.0 Å². The Morgan fingerprint density at radius 3 is 2.35 bits per heavy atom. The molecule has 0 bridgehead atoms. The van der Waals surface area contributed by atoms with Crippen LogP contribution in [-0.2, 0) is 5.92 Å². The Hall–Kier alpha value is -1.66. The Labute approximate surface area is 92.0 Å². The van der Waals surface area contributed by atoms with Gasteiger partial charge >= 0.3 is 12.1 Å². The first-order valence-electron chi connectivity index (χ1n) is 4.54. The van der Waals surface area contributed by atoms with Gasteiger partial charge in [-0.05, 0) is 24.6 Å². The third-order valence-corrected chi connectivity index (χ3v) is 2.17. The summed E-state index contributed by atoms with van der Waals surface area (Å²) >= 11 is 0. The molecule has 0 radical (unpaired) electrons. The lowest BCUT2D eigenvalue weighted by Gasteiger charge is -2.15. The lowest BCUT2D eigenvalue weighted by Crippen LogP contribution is -2.33. The molecule has 1 aromatic heterocycles. The number of fused-ring (bicyclic) bond motifs is 1. The van der Waals surface area contributed by atoms with E-state index in [0.29, 0.717) is 5.56 Å². The molecule has 2 rings (SSSR count). The number of hydrogen-bond acceptors (Lipinski definition) is 2. The molecule has 1 heterocycles. The topological polar surface area (TPSA) is 26.0 Å². The third kappa shape index (κ3) is 1.85. The van der Waals surface area contributed by atoms with E-state index in [4.69, 9.17) is 0 Å². The molecule has 0 fully saturated rings. The van der Waals surface area contributed by atoms with Crippen LogP contribution in [0.15, 0.2) is 22.6 Å². The van der Waals surface area contributed by atoms with Crippen LogP contribution in [0, 0.1) is 6.92 Å². The minimum absolute atomic E-state index is 0.0241. The molecule has 0 aliphatic heterocycles. The van der Waals surface area contributed by atoms with Crippen LogP contribution in [-0.4, -0.2) is 11.2 Å². The Balaban J connectivity index is 2.57. The zero-order chi connectivity index (χ0) is 12.8. The van der Waals surface area contributed by atoms with E-state index in [9.17, 15) is 22.0 Å². The van der Waals surface area contributed by atoms with Gasteiger partial charge in [-0.3, -0.25) is 0 Å². The SMILES string of the molecule is Cc1ccc2oc(C(F)(F)C(F)(F)F)nc2c1. The smallest absolute Gasteiger partial charge is 0.435 e. The molecule has 0 atom stereocenters. The summed E-state index contributed by atoms with van der Waals surface area (Å²) < 4.78 is 66.5. The van der Waals surface area contributed by atoms with Crippen molar-refractivity contribution in [2.24, 2.45) is 0 Å². The van der Waals surface area contributed by atoms with Crippen LogP contribution in [0.3, 0.4) is 0 Å². The normalized spacial score (nSPS) is 13.3. The second-order valence-corrected chi connectivity index (χ2v) is 3.56. The van der Waals surface area contributed by atoms with Crippen LogP contribution in [0.4, 0.5) is 22.0 Å². The first-order valence-corrected chi connectivity index (χ1v) is 4.54. The number of halogens is 5. The maximum absolute atomic E-state index is 12.9. The maximum Gasteiger partial charge on any atom is 0.463 e. The lowest BCUT2D eigenvalue weighted by molar-refractivity contribution is -0.297. The number of rotatable bonds is 1. The highest BCUT2D eigenvalue weighted by Crippen LogP contribution is 2.44. The van der Waals surface area contributed by atoms with Crippen LogP contribution >= 0.6 is 0 Å². The molecular formula is C10H6F5NO. The molecule has 2 aromatic rings. The van der Waals surface area contributed by atoms with Gasteiger partial charge in [0.25, 0.3) is 5.89 Å². The molecule has 7 heteroatoms. The van der Waals surface area contributed by atoms with Gasteiger partial charge in [-0.1, -0.05) is 6.07 Å². The predicted octanol–water partition coefficient (Wildman–Crippen LogP) is 3.79. The zero-order valence-corrected chi connectivity index (χ0v) is 8.48. The molecule has 0 aliphatic carbocycles. The van der Waals surface area contributed by atoms with Gasteiger partial charge in [-0.2, -0.15) is 22.0 Å². The summed E-state index contributed by atoms with van der Waals surface area (Å²) in [5.74, 6) is -6.72. The summed E-state index contributed by atoms with van der Waals surface area (Å²) in [5, 5.41) is 0. The van der Waals surface area contributed by atoms with Crippen LogP contribution in [0.1, 0.15) is 11.5 Å². The second kappa shape index (κ2) is 3.41. The molecule has 0 unspecified atom stereocenters. The molecule has 0 N–H and O–H groups in total. The first-order chi connectivity index (χ1) is 7.72. The number of alkyl halides is 5. The molecule has 0 saturated heterocycles. The van der Waals surface area contributed by atoms with Gasteiger partial charge in [0.2, 0.25) is 0 Å². The van der Waals surface area contributed by atoms with Gasteiger partial charge in [0, 0.05) is 0 Å². The zero-order valence-electron chi connectivity index (χ0n) is 8.48. The largest absolute Gasteiger partial charge is 0.463 e. The van der Waals surface area contributed by atoms with Gasteiger partial charge < -0.3 is 4.42 Å². The van der Waals surface area contributed by atoms with Crippen molar-refractivity contribution in [3.05, 3.63) is 29.7 Å². The van der Waals surface area contributed by atoms with E-state index in [2.05, 4.69) is 9.40 Å². The van der Waals surface area contributed by atoms with Crippen molar-refractivity contribution in [3.63, 3.8) is 0 Å². The van der Waals surface area contributed by atoms with E-state index in [1.165, 1.54) is 18.2 Å². The van der Waals surface area contributed by atoms with Crippen LogP contribution in [0.5, 0.6) is 0 Å².